The van der Waals surface area contributed by atoms with Crippen LogP contribution in [0.25, 0.3) is 0 Å². The van der Waals surface area contributed by atoms with Crippen molar-refractivity contribution in [2.75, 3.05) is 7.11 Å². The Hall–Kier alpha value is -0.330. The average molecular weight is 322 g/mol. The monoisotopic (exact) mass is 322 g/mol. The van der Waals surface area contributed by atoms with Crippen molar-refractivity contribution in [3.05, 3.63) is 0 Å². The van der Waals surface area contributed by atoms with Crippen LogP contribution in [0.5, 0.6) is 0 Å². The molecule has 4 nitrogen and oxygen atoms in total. The highest BCUT2D eigenvalue weighted by atomic mass is 127. The Morgan fingerprint density at radius 2 is 2.27 bits per heavy atom. The second-order valence-electron chi connectivity index (χ2n) is 4.48. The van der Waals surface area contributed by atoms with Gasteiger partial charge in [-0.1, -0.05) is 22.6 Å². The van der Waals surface area contributed by atoms with Crippen molar-refractivity contribution in [3.8, 4) is 0 Å². The number of methoxy groups -OCH3 is 1. The van der Waals surface area contributed by atoms with E-state index in [9.17, 15) is 9.59 Å². The first-order valence-electron chi connectivity index (χ1n) is 5.07. The van der Waals surface area contributed by atoms with Crippen molar-refractivity contribution in [2.24, 2.45) is 23.7 Å². The highest BCUT2D eigenvalue weighted by molar-refractivity contribution is 14.1. The zero-order valence-corrected chi connectivity index (χ0v) is 10.3. The number of esters is 2. The molecule has 3 aliphatic rings. The summed E-state index contributed by atoms with van der Waals surface area (Å²) >= 11 is 2.30. The van der Waals surface area contributed by atoms with Crippen LogP contribution >= 0.6 is 22.6 Å². The van der Waals surface area contributed by atoms with E-state index in [0.29, 0.717) is 0 Å². The van der Waals surface area contributed by atoms with Gasteiger partial charge in [-0.25, -0.2) is 0 Å². The zero-order chi connectivity index (χ0) is 10.7. The van der Waals surface area contributed by atoms with Crippen molar-refractivity contribution < 1.29 is 19.1 Å². The highest BCUT2D eigenvalue weighted by Crippen LogP contribution is 2.60. The third kappa shape index (κ3) is 1.07. The summed E-state index contributed by atoms with van der Waals surface area (Å²) in [5.41, 5.74) is 0. The van der Waals surface area contributed by atoms with E-state index in [1.807, 2.05) is 0 Å². The Balaban J connectivity index is 1.98. The van der Waals surface area contributed by atoms with E-state index in [4.69, 9.17) is 9.47 Å². The first kappa shape index (κ1) is 9.86. The lowest BCUT2D eigenvalue weighted by Gasteiger charge is -2.26. The van der Waals surface area contributed by atoms with E-state index < -0.39 is 0 Å². The summed E-state index contributed by atoms with van der Waals surface area (Å²) in [6.07, 6.45) is 0.989. The van der Waals surface area contributed by atoms with Crippen molar-refractivity contribution in [2.45, 2.75) is 16.4 Å². The van der Waals surface area contributed by atoms with Gasteiger partial charge in [-0.05, 0) is 12.3 Å². The standard InChI is InChI=1S/C10H11IO4/c1-14-9(12)5-3-2-4-6(5)10(13)15-8(4)7(3)11/h3-8H,2H2,1H3/t3-,4-,5-,6+,7-,8+/m0/s1. The molecule has 0 aromatic rings. The third-order valence-electron chi connectivity index (χ3n) is 4.00. The SMILES string of the molecule is COC(=O)[C@H]1[C@@H]2C[C@@H]3[C@@H](OC(=O)[C@H]31)[C@H]2I. The van der Waals surface area contributed by atoms with Gasteiger partial charge in [-0.2, -0.15) is 0 Å². The Morgan fingerprint density at radius 3 is 2.93 bits per heavy atom. The number of ether oxygens (including phenoxy) is 2. The molecule has 0 aromatic heterocycles. The van der Waals surface area contributed by atoms with Gasteiger partial charge < -0.3 is 9.47 Å². The lowest BCUT2D eigenvalue weighted by atomic mass is 9.80. The summed E-state index contributed by atoms with van der Waals surface area (Å²) in [4.78, 5) is 23.3. The van der Waals surface area contributed by atoms with Crippen LogP contribution < -0.4 is 0 Å². The molecule has 0 unspecified atom stereocenters. The molecule has 0 spiro atoms. The smallest absolute Gasteiger partial charge is 0.310 e. The van der Waals surface area contributed by atoms with Gasteiger partial charge in [0.15, 0.2) is 0 Å². The van der Waals surface area contributed by atoms with Gasteiger partial charge in [0.2, 0.25) is 0 Å². The van der Waals surface area contributed by atoms with E-state index in [-0.39, 0.29) is 45.6 Å². The second kappa shape index (κ2) is 3.09. The number of alkyl halides is 1. The molecule has 5 heteroatoms. The molecule has 1 aliphatic heterocycles. The van der Waals surface area contributed by atoms with Crippen molar-refractivity contribution in [1.29, 1.82) is 0 Å². The fourth-order valence-electron chi connectivity index (χ4n) is 3.43. The summed E-state index contributed by atoms with van der Waals surface area (Å²) in [5.74, 6) is -0.391. The van der Waals surface area contributed by atoms with Crippen LogP contribution in [0, 0.1) is 23.7 Å². The maximum atomic E-state index is 11.6. The molecule has 2 saturated carbocycles. The Labute approximate surface area is 101 Å². The Morgan fingerprint density at radius 1 is 1.53 bits per heavy atom. The minimum Gasteiger partial charge on any atom is -0.469 e. The number of hydrogen-bond donors (Lipinski definition) is 0. The zero-order valence-electron chi connectivity index (χ0n) is 8.18. The quantitative estimate of drug-likeness (QED) is 0.407. The number of carbonyl (C=O) groups is 2. The molecule has 82 valence electrons. The third-order valence-corrected chi connectivity index (χ3v) is 5.63. The average Bonchev–Trinajstić information content (AvgIpc) is 2.80. The first-order chi connectivity index (χ1) is 7.15. The van der Waals surface area contributed by atoms with Crippen molar-refractivity contribution in [1.82, 2.24) is 0 Å². The minimum atomic E-state index is -0.256. The van der Waals surface area contributed by atoms with Gasteiger partial charge in [-0.3, -0.25) is 9.59 Å². The molecular formula is C10H11IO4. The Bertz CT molecular complexity index is 342. The normalized spacial score (nSPS) is 50.7. The van der Waals surface area contributed by atoms with E-state index in [0.717, 1.165) is 6.42 Å². The lowest BCUT2D eigenvalue weighted by molar-refractivity contribution is -0.153. The first-order valence-corrected chi connectivity index (χ1v) is 6.32. The molecule has 3 fully saturated rings. The Kier molecular flexibility index (Phi) is 2.03. The molecule has 0 aromatic carbocycles. The van der Waals surface area contributed by atoms with Gasteiger partial charge in [0.25, 0.3) is 0 Å². The lowest BCUT2D eigenvalue weighted by Crippen LogP contribution is -2.38. The molecule has 0 radical (unpaired) electrons. The van der Waals surface area contributed by atoms with Gasteiger partial charge in [0.1, 0.15) is 6.10 Å². The van der Waals surface area contributed by atoms with Crippen LogP contribution in [0.1, 0.15) is 6.42 Å². The van der Waals surface area contributed by atoms with Gasteiger partial charge in [-0.15, -0.1) is 0 Å². The predicted molar refractivity (Wildman–Crippen MR) is 58.3 cm³/mol. The molecule has 0 amide bonds. The molecule has 1 saturated heterocycles. The maximum absolute atomic E-state index is 11.6. The summed E-state index contributed by atoms with van der Waals surface area (Å²) in [6, 6.07) is 0. The van der Waals surface area contributed by atoms with Gasteiger partial charge in [0, 0.05) is 5.92 Å². The highest BCUT2D eigenvalue weighted by Gasteiger charge is 2.68. The number of rotatable bonds is 1. The topological polar surface area (TPSA) is 52.6 Å². The molecule has 2 aliphatic carbocycles. The number of carbonyl (C=O) groups excluding carboxylic acids is 2. The molecule has 6 atom stereocenters. The van der Waals surface area contributed by atoms with Gasteiger partial charge in [0.05, 0.1) is 22.9 Å². The summed E-state index contributed by atoms with van der Waals surface area (Å²) < 4.78 is 10.4. The number of hydrogen-bond acceptors (Lipinski definition) is 4. The fraction of sp³-hybridized carbons (Fsp3) is 0.800. The van der Waals surface area contributed by atoms with E-state index >= 15 is 0 Å². The summed E-state index contributed by atoms with van der Waals surface area (Å²) in [5, 5.41) is 0. The molecule has 2 bridgehead atoms. The van der Waals surface area contributed by atoms with Crippen LogP contribution in [0.15, 0.2) is 0 Å². The van der Waals surface area contributed by atoms with E-state index in [1.165, 1.54) is 7.11 Å². The summed E-state index contributed by atoms with van der Waals surface area (Å²) in [7, 11) is 1.38. The van der Waals surface area contributed by atoms with Crippen LogP contribution in [-0.4, -0.2) is 29.1 Å². The largest absolute Gasteiger partial charge is 0.469 e. The van der Waals surface area contributed by atoms with E-state index in [1.54, 1.807) is 0 Å². The number of fused-ring (bicyclic) bond motifs is 1. The summed E-state index contributed by atoms with van der Waals surface area (Å²) in [6.45, 7) is 0. The van der Waals surface area contributed by atoms with Crippen LogP contribution in [0.3, 0.4) is 0 Å². The molecule has 3 rings (SSSR count). The predicted octanol–water partition coefficient (Wildman–Crippen LogP) is 0.770. The molecular weight excluding hydrogens is 311 g/mol. The minimum absolute atomic E-state index is 0.0500. The van der Waals surface area contributed by atoms with Crippen molar-refractivity contribution >= 4 is 34.5 Å². The fourth-order valence-corrected chi connectivity index (χ4v) is 4.85. The number of halogens is 1. The van der Waals surface area contributed by atoms with Crippen molar-refractivity contribution in [3.63, 3.8) is 0 Å². The molecule has 0 N–H and O–H groups in total. The molecule has 15 heavy (non-hydrogen) atoms. The molecule has 1 heterocycles. The maximum Gasteiger partial charge on any atom is 0.310 e. The van der Waals surface area contributed by atoms with Crippen LogP contribution in [0.4, 0.5) is 0 Å². The van der Waals surface area contributed by atoms with Crippen LogP contribution in [-0.2, 0) is 19.1 Å². The second-order valence-corrected chi connectivity index (χ2v) is 5.92. The van der Waals surface area contributed by atoms with Gasteiger partial charge >= 0.3 is 11.9 Å². The van der Waals surface area contributed by atoms with Crippen LogP contribution in [0.2, 0.25) is 0 Å². The van der Waals surface area contributed by atoms with E-state index in [2.05, 4.69) is 22.6 Å².